The minimum Gasteiger partial charge on any atom is -0.265 e. The fourth-order valence-electron chi connectivity index (χ4n) is 9.81. The van der Waals surface area contributed by atoms with E-state index in [0.29, 0.717) is 5.82 Å². The van der Waals surface area contributed by atoms with Gasteiger partial charge in [0, 0.05) is 41.5 Å². The third kappa shape index (κ3) is 5.53. The SMILES string of the molecule is c1ccc2c(c1)-c1ccccc1C1(c3cc(-c4cc(-c5ccc(-c6ccncc6)cc5)nc(-c5ccc(-c6ccncc6)cc5)n4)ccc3-2)c2ccccc2-c2ccccc21. The van der Waals surface area contributed by atoms with E-state index in [1.54, 1.807) is 0 Å². The highest BCUT2D eigenvalue weighted by molar-refractivity contribution is 5.98. The fraction of sp³-hybridized carbons (Fsp3) is 0.0175. The van der Waals surface area contributed by atoms with Gasteiger partial charge in [-0.05, 0) is 114 Å². The first-order chi connectivity index (χ1) is 30.2. The molecule has 0 fully saturated rings. The second-order valence-corrected chi connectivity index (χ2v) is 15.8. The second-order valence-electron chi connectivity index (χ2n) is 15.8. The van der Waals surface area contributed by atoms with Crippen molar-refractivity contribution in [2.45, 2.75) is 5.41 Å². The van der Waals surface area contributed by atoms with E-state index in [9.17, 15) is 0 Å². The molecule has 1 spiro atoms. The van der Waals surface area contributed by atoms with Gasteiger partial charge in [-0.3, -0.25) is 9.97 Å². The Morgan fingerprint density at radius 1 is 0.262 bits per heavy atom. The molecule has 3 aromatic heterocycles. The maximum Gasteiger partial charge on any atom is 0.160 e. The van der Waals surface area contributed by atoms with Gasteiger partial charge >= 0.3 is 0 Å². The van der Waals surface area contributed by atoms with Crippen molar-refractivity contribution in [2.75, 3.05) is 0 Å². The summed E-state index contributed by atoms with van der Waals surface area (Å²) in [7, 11) is 0. The third-order valence-electron chi connectivity index (χ3n) is 12.6. The highest BCUT2D eigenvalue weighted by atomic mass is 14.9. The van der Waals surface area contributed by atoms with Gasteiger partial charge in [0.15, 0.2) is 5.82 Å². The molecule has 0 saturated carbocycles. The molecule has 12 rings (SSSR count). The zero-order valence-corrected chi connectivity index (χ0v) is 33.1. The minimum absolute atomic E-state index is 0.585. The van der Waals surface area contributed by atoms with E-state index in [-0.39, 0.29) is 0 Å². The van der Waals surface area contributed by atoms with Gasteiger partial charge in [-0.1, -0.05) is 158 Å². The third-order valence-corrected chi connectivity index (χ3v) is 12.6. The molecule has 10 aromatic rings. The predicted molar refractivity (Wildman–Crippen MR) is 247 cm³/mol. The molecule has 0 aliphatic heterocycles. The summed E-state index contributed by atoms with van der Waals surface area (Å²) in [5, 5.41) is 0. The first kappa shape index (κ1) is 34.9. The van der Waals surface area contributed by atoms with Gasteiger partial charge in [0.05, 0.1) is 16.8 Å². The largest absolute Gasteiger partial charge is 0.265 e. The Morgan fingerprint density at radius 3 is 1.13 bits per heavy atom. The molecule has 0 saturated heterocycles. The zero-order valence-electron chi connectivity index (χ0n) is 33.1. The van der Waals surface area contributed by atoms with Gasteiger partial charge in [-0.2, -0.15) is 0 Å². The van der Waals surface area contributed by atoms with Crippen molar-refractivity contribution in [2.24, 2.45) is 0 Å². The first-order valence-corrected chi connectivity index (χ1v) is 20.7. The van der Waals surface area contributed by atoms with E-state index in [2.05, 4.69) is 180 Å². The van der Waals surface area contributed by atoms with Gasteiger partial charge < -0.3 is 0 Å². The number of benzene rings is 7. The van der Waals surface area contributed by atoms with Gasteiger partial charge in [0.2, 0.25) is 0 Å². The van der Waals surface area contributed by atoms with Crippen LogP contribution in [-0.4, -0.2) is 19.9 Å². The van der Waals surface area contributed by atoms with Crippen LogP contribution in [0.15, 0.2) is 219 Å². The van der Waals surface area contributed by atoms with Gasteiger partial charge in [0.1, 0.15) is 0 Å². The normalized spacial score (nSPS) is 12.7. The van der Waals surface area contributed by atoms with Gasteiger partial charge in [-0.25, -0.2) is 9.97 Å². The highest BCUT2D eigenvalue weighted by Crippen LogP contribution is 2.61. The van der Waals surface area contributed by atoms with Crippen molar-refractivity contribution < 1.29 is 0 Å². The summed E-state index contributed by atoms with van der Waals surface area (Å²) in [4.78, 5) is 19.1. The second kappa shape index (κ2) is 14.0. The van der Waals surface area contributed by atoms with Crippen LogP contribution in [0.5, 0.6) is 0 Å². The molecule has 0 radical (unpaired) electrons. The van der Waals surface area contributed by atoms with Crippen molar-refractivity contribution in [3.63, 3.8) is 0 Å². The van der Waals surface area contributed by atoms with Crippen LogP contribution in [-0.2, 0) is 5.41 Å². The van der Waals surface area contributed by atoms with E-state index in [0.717, 1.165) is 50.3 Å². The predicted octanol–water partition coefficient (Wildman–Crippen LogP) is 13.6. The van der Waals surface area contributed by atoms with Crippen LogP contribution in [0, 0.1) is 0 Å². The quantitative estimate of drug-likeness (QED) is 0.175. The van der Waals surface area contributed by atoms with Crippen LogP contribution in [0.2, 0.25) is 0 Å². The van der Waals surface area contributed by atoms with E-state index in [1.165, 1.54) is 55.6 Å². The molecule has 7 aromatic carbocycles. The minimum atomic E-state index is -0.585. The molecule has 3 heterocycles. The van der Waals surface area contributed by atoms with Crippen LogP contribution in [0.4, 0.5) is 0 Å². The topological polar surface area (TPSA) is 51.6 Å². The summed E-state index contributed by atoms with van der Waals surface area (Å²) in [5.41, 5.74) is 21.2. The van der Waals surface area contributed by atoms with Crippen molar-refractivity contribution >= 4 is 0 Å². The Bertz CT molecular complexity index is 3140. The smallest absolute Gasteiger partial charge is 0.160 e. The fourth-order valence-corrected chi connectivity index (χ4v) is 9.81. The molecule has 0 bridgehead atoms. The molecular weight excluding hydrogens is 741 g/mol. The van der Waals surface area contributed by atoms with Crippen LogP contribution in [0.1, 0.15) is 22.3 Å². The lowest BCUT2D eigenvalue weighted by molar-refractivity contribution is 0.775. The Morgan fingerprint density at radius 2 is 0.623 bits per heavy atom. The first-order valence-electron chi connectivity index (χ1n) is 20.7. The Labute approximate surface area is 354 Å². The van der Waals surface area contributed by atoms with Crippen LogP contribution in [0.25, 0.3) is 89.5 Å². The van der Waals surface area contributed by atoms with E-state index in [4.69, 9.17) is 9.97 Å². The molecular formula is C57H36N4. The maximum absolute atomic E-state index is 5.40. The lowest BCUT2D eigenvalue weighted by Gasteiger charge is -2.35. The van der Waals surface area contributed by atoms with Crippen LogP contribution in [0.3, 0.4) is 0 Å². The molecule has 2 aliphatic carbocycles. The van der Waals surface area contributed by atoms with E-state index in [1.807, 2.05) is 49.1 Å². The van der Waals surface area contributed by atoms with Crippen LogP contribution >= 0.6 is 0 Å². The zero-order chi connectivity index (χ0) is 40.3. The summed E-state index contributed by atoms with van der Waals surface area (Å²) >= 11 is 0. The number of pyridine rings is 2. The van der Waals surface area contributed by atoms with E-state index < -0.39 is 5.41 Å². The monoisotopic (exact) mass is 776 g/mol. The average Bonchev–Trinajstić information content (AvgIpc) is 3.59. The molecule has 0 atom stereocenters. The summed E-state index contributed by atoms with van der Waals surface area (Å²) in [6.07, 6.45) is 7.31. The van der Waals surface area contributed by atoms with Gasteiger partial charge in [0.25, 0.3) is 0 Å². The highest BCUT2D eigenvalue weighted by Gasteiger charge is 2.49. The molecule has 4 heteroatoms. The molecule has 61 heavy (non-hydrogen) atoms. The lowest BCUT2D eigenvalue weighted by atomic mass is 9.65. The Hall–Kier alpha value is -8.08. The summed E-state index contributed by atoms with van der Waals surface area (Å²) < 4.78 is 0. The standard InChI is InChI=1S/C57H36N4/c1-2-10-45-44(9-1)46-11-3-6-14-50(46)57(51-15-7-4-12-47(51)48-13-5-8-16-52(48)57)53-35-43(25-26-49(45)53)55-36-54(41-21-17-37(18-22-41)39-27-31-58-32-28-39)60-56(61-55)42-23-19-38(20-24-42)40-29-33-59-34-30-40/h1-36H. The summed E-state index contributed by atoms with van der Waals surface area (Å²) in [6.45, 7) is 0. The Kier molecular flexibility index (Phi) is 8.04. The number of fused-ring (bicyclic) bond motifs is 12. The number of hydrogen-bond donors (Lipinski definition) is 0. The average molecular weight is 777 g/mol. The summed E-state index contributed by atoms with van der Waals surface area (Å²) in [6, 6.07) is 70.3. The molecule has 2 aliphatic rings. The van der Waals surface area contributed by atoms with Crippen molar-refractivity contribution in [1.82, 2.24) is 19.9 Å². The van der Waals surface area contributed by atoms with Crippen molar-refractivity contribution in [1.29, 1.82) is 0 Å². The number of aromatic nitrogens is 4. The van der Waals surface area contributed by atoms with Crippen molar-refractivity contribution in [3.05, 3.63) is 241 Å². The van der Waals surface area contributed by atoms with Crippen molar-refractivity contribution in [3.8, 4) is 89.5 Å². The van der Waals surface area contributed by atoms with Crippen LogP contribution < -0.4 is 0 Å². The Balaban J connectivity index is 1.10. The molecule has 4 nitrogen and oxygen atoms in total. The summed E-state index contributed by atoms with van der Waals surface area (Å²) in [5.74, 6) is 0.670. The maximum atomic E-state index is 5.40. The number of hydrogen-bond acceptors (Lipinski definition) is 4. The van der Waals surface area contributed by atoms with Gasteiger partial charge in [-0.15, -0.1) is 0 Å². The molecule has 0 N–H and O–H groups in total. The van der Waals surface area contributed by atoms with E-state index >= 15 is 0 Å². The molecule has 0 amide bonds. The molecule has 284 valence electrons. The number of rotatable bonds is 5. The number of nitrogens with zero attached hydrogens (tertiary/aromatic N) is 4. The lowest BCUT2D eigenvalue weighted by Crippen LogP contribution is -2.29. The molecule has 0 unspecified atom stereocenters.